The Morgan fingerprint density at radius 2 is 2.05 bits per heavy atom. The smallest absolute Gasteiger partial charge is 0.147 e. The van der Waals surface area contributed by atoms with Crippen LogP contribution in [0.1, 0.15) is 24.7 Å². The summed E-state index contributed by atoms with van der Waals surface area (Å²) < 4.78 is 13.7. The topological polar surface area (TPSA) is 63.8 Å². The van der Waals surface area contributed by atoms with E-state index in [1.165, 1.54) is 17.8 Å². The zero-order valence-corrected chi connectivity index (χ0v) is 12.3. The zero-order chi connectivity index (χ0) is 14.5. The lowest BCUT2D eigenvalue weighted by Gasteiger charge is -2.11. The fraction of sp³-hybridized carbons (Fsp3) is 0.286. The third-order valence-electron chi connectivity index (χ3n) is 2.80. The van der Waals surface area contributed by atoms with E-state index in [-0.39, 0.29) is 5.82 Å². The second-order valence-electron chi connectivity index (χ2n) is 4.35. The second kappa shape index (κ2) is 6.67. The number of nitrogens with zero attached hydrogens (tertiary/aromatic N) is 2. The number of halogens is 1. The summed E-state index contributed by atoms with van der Waals surface area (Å²) in [5.41, 5.74) is 3.40. The molecule has 0 atom stereocenters. The summed E-state index contributed by atoms with van der Waals surface area (Å²) >= 11 is 1.29. The molecule has 0 radical (unpaired) electrons. The Balaban J connectivity index is 2.39. The van der Waals surface area contributed by atoms with E-state index in [1.807, 2.05) is 6.92 Å². The summed E-state index contributed by atoms with van der Waals surface area (Å²) in [5.74, 6) is 6.53. The second-order valence-corrected chi connectivity index (χ2v) is 5.38. The fourth-order valence-electron chi connectivity index (χ4n) is 1.75. The summed E-state index contributed by atoms with van der Waals surface area (Å²) in [5, 5.41) is 0.724. The van der Waals surface area contributed by atoms with Crippen LogP contribution in [0, 0.1) is 12.7 Å². The highest BCUT2D eigenvalue weighted by Gasteiger charge is 2.13. The average Bonchev–Trinajstić information content (AvgIpc) is 2.45. The molecule has 1 aromatic heterocycles. The number of hydrazine groups is 1. The van der Waals surface area contributed by atoms with Gasteiger partial charge in [-0.05, 0) is 25.5 Å². The first kappa shape index (κ1) is 14.7. The lowest BCUT2D eigenvalue weighted by molar-refractivity contribution is 0.602. The number of aromatic nitrogens is 2. The quantitative estimate of drug-likeness (QED) is 0.503. The van der Waals surface area contributed by atoms with E-state index in [2.05, 4.69) is 22.3 Å². The first-order valence-corrected chi connectivity index (χ1v) is 7.23. The van der Waals surface area contributed by atoms with Crippen LogP contribution in [0.15, 0.2) is 34.2 Å². The van der Waals surface area contributed by atoms with Gasteiger partial charge in [0.05, 0.1) is 0 Å². The van der Waals surface area contributed by atoms with Gasteiger partial charge in [0.15, 0.2) is 0 Å². The van der Waals surface area contributed by atoms with Crippen LogP contribution in [-0.2, 0) is 6.42 Å². The highest BCUT2D eigenvalue weighted by molar-refractivity contribution is 7.99. The monoisotopic (exact) mass is 292 g/mol. The van der Waals surface area contributed by atoms with Crippen molar-refractivity contribution in [1.82, 2.24) is 9.97 Å². The Morgan fingerprint density at radius 3 is 2.70 bits per heavy atom. The molecule has 0 saturated heterocycles. The highest BCUT2D eigenvalue weighted by Crippen LogP contribution is 2.32. The van der Waals surface area contributed by atoms with Crippen LogP contribution in [0.4, 0.5) is 10.2 Å². The minimum atomic E-state index is -0.255. The maximum absolute atomic E-state index is 13.7. The number of nitrogen functional groups attached to an aromatic ring is 1. The molecule has 0 fully saturated rings. The molecule has 0 saturated carbocycles. The molecule has 0 aliphatic heterocycles. The Kier molecular flexibility index (Phi) is 4.92. The molecule has 0 bridgehead atoms. The molecule has 1 heterocycles. The van der Waals surface area contributed by atoms with Crippen LogP contribution in [0.5, 0.6) is 0 Å². The van der Waals surface area contributed by atoms with E-state index in [0.717, 1.165) is 23.4 Å². The molecule has 2 rings (SSSR count). The third-order valence-corrected chi connectivity index (χ3v) is 3.94. The molecule has 1 aromatic carbocycles. The molecule has 3 N–H and O–H groups in total. The van der Waals surface area contributed by atoms with Crippen molar-refractivity contribution in [1.29, 1.82) is 0 Å². The molecule has 20 heavy (non-hydrogen) atoms. The molecule has 0 spiro atoms. The van der Waals surface area contributed by atoms with Gasteiger partial charge in [-0.1, -0.05) is 30.8 Å². The largest absolute Gasteiger partial charge is 0.308 e. The van der Waals surface area contributed by atoms with Crippen LogP contribution in [0.3, 0.4) is 0 Å². The maximum Gasteiger partial charge on any atom is 0.147 e. The summed E-state index contributed by atoms with van der Waals surface area (Å²) in [7, 11) is 0. The molecule has 4 nitrogen and oxygen atoms in total. The van der Waals surface area contributed by atoms with Crippen molar-refractivity contribution < 1.29 is 4.39 Å². The van der Waals surface area contributed by atoms with Crippen molar-refractivity contribution >= 4 is 17.6 Å². The van der Waals surface area contributed by atoms with Gasteiger partial charge in [0.1, 0.15) is 22.5 Å². The predicted octanol–water partition coefficient (Wildman–Crippen LogP) is 3.31. The Labute approximate surface area is 122 Å². The number of hydrogen-bond acceptors (Lipinski definition) is 5. The zero-order valence-electron chi connectivity index (χ0n) is 11.5. The van der Waals surface area contributed by atoms with E-state index < -0.39 is 0 Å². The van der Waals surface area contributed by atoms with Gasteiger partial charge in [0, 0.05) is 16.9 Å². The van der Waals surface area contributed by atoms with Gasteiger partial charge >= 0.3 is 0 Å². The molecule has 0 aliphatic rings. The SMILES string of the molecule is CCCc1nc(NN)c(C)c(Sc2ccccc2F)n1. The first-order chi connectivity index (χ1) is 9.65. The molecule has 0 amide bonds. The summed E-state index contributed by atoms with van der Waals surface area (Å²) in [6.45, 7) is 3.93. The van der Waals surface area contributed by atoms with Crippen molar-refractivity contribution in [3.63, 3.8) is 0 Å². The minimum Gasteiger partial charge on any atom is -0.308 e. The van der Waals surface area contributed by atoms with Crippen LogP contribution < -0.4 is 11.3 Å². The predicted molar refractivity (Wildman–Crippen MR) is 79.1 cm³/mol. The first-order valence-electron chi connectivity index (χ1n) is 6.42. The molecule has 106 valence electrons. The average molecular weight is 292 g/mol. The van der Waals surface area contributed by atoms with Gasteiger partial charge < -0.3 is 5.43 Å². The molecule has 0 aliphatic carbocycles. The van der Waals surface area contributed by atoms with E-state index in [1.54, 1.807) is 18.2 Å². The Hall–Kier alpha value is -1.66. The lowest BCUT2D eigenvalue weighted by Crippen LogP contribution is -2.13. The van der Waals surface area contributed by atoms with Crippen molar-refractivity contribution in [3.8, 4) is 0 Å². The van der Waals surface area contributed by atoms with Crippen LogP contribution in [0.25, 0.3) is 0 Å². The van der Waals surface area contributed by atoms with E-state index in [9.17, 15) is 4.39 Å². The summed E-state index contributed by atoms with van der Waals surface area (Å²) in [4.78, 5) is 9.39. The molecular formula is C14H17FN4S. The van der Waals surface area contributed by atoms with Crippen LogP contribution in [-0.4, -0.2) is 9.97 Å². The van der Waals surface area contributed by atoms with Gasteiger partial charge in [-0.2, -0.15) is 0 Å². The van der Waals surface area contributed by atoms with E-state index in [0.29, 0.717) is 16.5 Å². The number of hydrogen-bond donors (Lipinski definition) is 2. The van der Waals surface area contributed by atoms with Gasteiger partial charge in [-0.15, -0.1) is 0 Å². The lowest BCUT2D eigenvalue weighted by atomic mass is 10.3. The number of anilines is 1. The number of aryl methyl sites for hydroxylation is 1. The van der Waals surface area contributed by atoms with Gasteiger partial charge in [0.2, 0.25) is 0 Å². The van der Waals surface area contributed by atoms with Crippen molar-refractivity contribution in [2.45, 2.75) is 36.6 Å². The van der Waals surface area contributed by atoms with Crippen LogP contribution in [0.2, 0.25) is 0 Å². The molecule has 6 heteroatoms. The minimum absolute atomic E-state index is 0.255. The Bertz CT molecular complexity index is 604. The number of benzene rings is 1. The van der Waals surface area contributed by atoms with E-state index >= 15 is 0 Å². The standard InChI is InChI=1S/C14H17FN4S/c1-3-6-12-17-13(19-16)9(2)14(18-12)20-11-8-5-4-7-10(11)15/h4-5,7-8H,3,6,16H2,1-2H3,(H,17,18,19). The van der Waals surface area contributed by atoms with Crippen LogP contribution >= 0.6 is 11.8 Å². The number of rotatable bonds is 5. The van der Waals surface area contributed by atoms with Gasteiger partial charge in [0.25, 0.3) is 0 Å². The van der Waals surface area contributed by atoms with Gasteiger partial charge in [-0.25, -0.2) is 20.2 Å². The fourth-order valence-corrected chi connectivity index (χ4v) is 2.67. The number of nitrogens with two attached hydrogens (primary N) is 1. The molecule has 2 aromatic rings. The highest BCUT2D eigenvalue weighted by atomic mass is 32.2. The van der Waals surface area contributed by atoms with E-state index in [4.69, 9.17) is 5.84 Å². The summed E-state index contributed by atoms with van der Waals surface area (Å²) in [6.07, 6.45) is 1.71. The summed E-state index contributed by atoms with van der Waals surface area (Å²) in [6, 6.07) is 6.64. The molecule has 0 unspecified atom stereocenters. The third kappa shape index (κ3) is 3.26. The van der Waals surface area contributed by atoms with Crippen molar-refractivity contribution in [3.05, 3.63) is 41.5 Å². The molecular weight excluding hydrogens is 275 g/mol. The normalized spacial score (nSPS) is 10.6. The van der Waals surface area contributed by atoms with Crippen molar-refractivity contribution in [2.75, 3.05) is 5.43 Å². The number of nitrogens with one attached hydrogen (secondary N) is 1. The maximum atomic E-state index is 13.7. The Morgan fingerprint density at radius 1 is 1.30 bits per heavy atom. The van der Waals surface area contributed by atoms with Crippen molar-refractivity contribution in [2.24, 2.45) is 5.84 Å². The van der Waals surface area contributed by atoms with Gasteiger partial charge in [-0.3, -0.25) is 0 Å².